The van der Waals surface area contributed by atoms with Crippen LogP contribution in [0.25, 0.3) is 0 Å². The van der Waals surface area contributed by atoms with Crippen molar-refractivity contribution < 1.29 is 14.3 Å². The van der Waals surface area contributed by atoms with Crippen molar-refractivity contribution in [2.45, 2.75) is 63.9 Å². The molecule has 25 heavy (non-hydrogen) atoms. The molecule has 0 aliphatic heterocycles. The number of ketones is 1. The van der Waals surface area contributed by atoms with Gasteiger partial charge in [0.2, 0.25) is 0 Å². The van der Waals surface area contributed by atoms with Crippen LogP contribution in [0.4, 0.5) is 0 Å². The number of fused-ring (bicyclic) bond motifs is 2. The topological polar surface area (TPSA) is 35.5 Å². The smallest absolute Gasteiger partial charge is 0.156 e. The van der Waals surface area contributed by atoms with Gasteiger partial charge in [-0.2, -0.15) is 0 Å². The molecule has 0 aromatic carbocycles. The fourth-order valence-electron chi connectivity index (χ4n) is 7.73. The molecule has 3 nitrogen and oxygen atoms in total. The summed E-state index contributed by atoms with van der Waals surface area (Å²) in [5.41, 5.74) is 5.19. The first kappa shape index (κ1) is 16.3. The molecule has 0 unspecified atom stereocenters. The molecule has 5 rings (SSSR count). The van der Waals surface area contributed by atoms with Crippen LogP contribution < -0.4 is 0 Å². The van der Waals surface area contributed by atoms with Gasteiger partial charge in [0.15, 0.2) is 5.78 Å². The Labute approximate surface area is 150 Å². The maximum absolute atomic E-state index is 11.8. The third-order valence-corrected chi connectivity index (χ3v) is 8.90. The molecule has 5 atom stereocenters. The second-order valence-electron chi connectivity index (χ2n) is 9.34. The fourth-order valence-corrected chi connectivity index (χ4v) is 7.73. The highest BCUT2D eigenvalue weighted by Crippen LogP contribution is 2.84. The van der Waals surface area contributed by atoms with E-state index in [2.05, 4.69) is 6.92 Å². The van der Waals surface area contributed by atoms with E-state index in [1.54, 1.807) is 11.1 Å². The summed E-state index contributed by atoms with van der Waals surface area (Å²) >= 11 is 0. The van der Waals surface area contributed by atoms with E-state index in [1.165, 1.54) is 31.3 Å². The van der Waals surface area contributed by atoms with Crippen LogP contribution in [0.1, 0.15) is 58.3 Å². The van der Waals surface area contributed by atoms with Gasteiger partial charge in [0.1, 0.15) is 0 Å². The molecular formula is C22H30O3. The average Bonchev–Trinajstić information content (AvgIpc) is 3.27. The second kappa shape index (κ2) is 5.07. The molecule has 3 saturated carbocycles. The van der Waals surface area contributed by atoms with Crippen LogP contribution in [0, 0.1) is 22.7 Å². The van der Waals surface area contributed by atoms with Crippen LogP contribution in [0.2, 0.25) is 0 Å². The summed E-state index contributed by atoms with van der Waals surface area (Å²) in [5.74, 6) is 1.84. The molecule has 0 bridgehead atoms. The molecule has 0 amide bonds. The molecule has 136 valence electrons. The first-order valence-electron chi connectivity index (χ1n) is 10.0. The second-order valence-corrected chi connectivity index (χ2v) is 9.34. The largest absolute Gasteiger partial charge is 0.382 e. The zero-order valence-electron chi connectivity index (χ0n) is 15.8. The van der Waals surface area contributed by atoms with Crippen molar-refractivity contribution >= 4 is 5.78 Å². The molecule has 3 fully saturated rings. The van der Waals surface area contributed by atoms with E-state index in [0.29, 0.717) is 23.5 Å². The first-order chi connectivity index (χ1) is 12.0. The standard InChI is InChI=1S/C22H30O3/c1-20-9-8-18-17-6-5-16(23)10-14(17)4-7-19(18)22(20)12-15(22)11-21(20,25-3)13-24-2/h10,15,19H,4-9,11-13H2,1-3H3/t15-,19+,20+,21+,22+/m0/s1. The molecule has 0 aromatic heterocycles. The monoisotopic (exact) mass is 342 g/mol. The fraction of sp³-hybridized carbons (Fsp3) is 0.773. The molecule has 5 aliphatic rings. The minimum Gasteiger partial charge on any atom is -0.382 e. The van der Waals surface area contributed by atoms with Crippen LogP contribution in [0.5, 0.6) is 0 Å². The van der Waals surface area contributed by atoms with Gasteiger partial charge in [-0.15, -0.1) is 0 Å². The zero-order valence-corrected chi connectivity index (χ0v) is 15.8. The molecule has 0 radical (unpaired) electrons. The van der Waals surface area contributed by atoms with Crippen LogP contribution >= 0.6 is 0 Å². The lowest BCUT2D eigenvalue weighted by Gasteiger charge is -2.55. The Hall–Kier alpha value is -0.930. The summed E-state index contributed by atoms with van der Waals surface area (Å²) in [4.78, 5) is 11.8. The van der Waals surface area contributed by atoms with E-state index >= 15 is 0 Å². The number of hydrogen-bond donors (Lipinski definition) is 0. The Morgan fingerprint density at radius 1 is 1.16 bits per heavy atom. The number of rotatable bonds is 3. The van der Waals surface area contributed by atoms with Crippen molar-refractivity contribution in [2.75, 3.05) is 20.8 Å². The van der Waals surface area contributed by atoms with Gasteiger partial charge < -0.3 is 9.47 Å². The number of methoxy groups -OCH3 is 2. The summed E-state index contributed by atoms with van der Waals surface area (Å²) < 4.78 is 11.9. The van der Waals surface area contributed by atoms with E-state index in [9.17, 15) is 4.79 Å². The normalized spacial score (nSPS) is 47.6. The Kier molecular flexibility index (Phi) is 3.30. The van der Waals surface area contributed by atoms with Crippen LogP contribution in [0.15, 0.2) is 22.8 Å². The third kappa shape index (κ3) is 1.77. The van der Waals surface area contributed by atoms with Gasteiger partial charge in [-0.1, -0.05) is 12.5 Å². The van der Waals surface area contributed by atoms with Crippen molar-refractivity contribution in [1.82, 2.24) is 0 Å². The van der Waals surface area contributed by atoms with Crippen LogP contribution in [-0.4, -0.2) is 32.2 Å². The number of carbonyl (C=O) groups excluding carboxylic acids is 1. The Morgan fingerprint density at radius 2 is 2.00 bits per heavy atom. The molecular weight excluding hydrogens is 312 g/mol. The van der Waals surface area contributed by atoms with Crippen molar-refractivity contribution in [1.29, 1.82) is 0 Å². The van der Waals surface area contributed by atoms with E-state index in [-0.39, 0.29) is 11.0 Å². The minimum atomic E-state index is -0.112. The van der Waals surface area contributed by atoms with Gasteiger partial charge in [0, 0.05) is 26.1 Å². The number of hydrogen-bond acceptors (Lipinski definition) is 3. The molecule has 0 saturated heterocycles. The molecule has 3 heteroatoms. The third-order valence-electron chi connectivity index (χ3n) is 8.90. The summed E-state index contributed by atoms with van der Waals surface area (Å²) in [6, 6.07) is 0. The van der Waals surface area contributed by atoms with E-state index < -0.39 is 0 Å². The number of allylic oxidation sites excluding steroid dienone is 4. The highest BCUT2D eigenvalue weighted by Gasteiger charge is 2.80. The summed E-state index contributed by atoms with van der Waals surface area (Å²) in [6.45, 7) is 3.22. The number of ether oxygens (including phenoxy) is 2. The van der Waals surface area contributed by atoms with Gasteiger partial charge in [0.05, 0.1) is 12.2 Å². The van der Waals surface area contributed by atoms with Crippen LogP contribution in [0.3, 0.4) is 0 Å². The summed E-state index contributed by atoms with van der Waals surface area (Å²) in [5, 5.41) is 0. The average molecular weight is 342 g/mol. The van der Waals surface area contributed by atoms with Crippen molar-refractivity contribution in [3.63, 3.8) is 0 Å². The van der Waals surface area contributed by atoms with Gasteiger partial charge in [-0.3, -0.25) is 4.79 Å². The lowest BCUT2D eigenvalue weighted by molar-refractivity contribution is -0.165. The van der Waals surface area contributed by atoms with E-state index in [4.69, 9.17) is 9.47 Å². The Balaban J connectivity index is 1.59. The lowest BCUT2D eigenvalue weighted by Crippen LogP contribution is -2.56. The predicted molar refractivity (Wildman–Crippen MR) is 96.2 cm³/mol. The van der Waals surface area contributed by atoms with Crippen molar-refractivity contribution in [3.05, 3.63) is 22.8 Å². The zero-order chi connectivity index (χ0) is 17.4. The maximum Gasteiger partial charge on any atom is 0.156 e. The summed E-state index contributed by atoms with van der Waals surface area (Å²) in [6.07, 6.45) is 10.9. The lowest BCUT2D eigenvalue weighted by atomic mass is 9.51. The van der Waals surface area contributed by atoms with Crippen LogP contribution in [-0.2, 0) is 14.3 Å². The molecule has 0 heterocycles. The molecule has 0 aromatic rings. The van der Waals surface area contributed by atoms with Gasteiger partial charge >= 0.3 is 0 Å². The molecule has 1 spiro atoms. The van der Waals surface area contributed by atoms with E-state index in [0.717, 1.165) is 31.8 Å². The SMILES string of the molecule is COC[C@]1(OC)C[C@H]2C[C@]23[C@@H]2CCC4=CC(=O)CCC4=C2CC[C@]13C. The highest BCUT2D eigenvalue weighted by molar-refractivity contribution is 5.93. The maximum atomic E-state index is 11.8. The van der Waals surface area contributed by atoms with Crippen molar-refractivity contribution in [3.8, 4) is 0 Å². The Bertz CT molecular complexity index is 704. The first-order valence-corrected chi connectivity index (χ1v) is 10.0. The molecule has 5 aliphatic carbocycles. The van der Waals surface area contributed by atoms with Gasteiger partial charge in [-0.05, 0) is 79.4 Å². The van der Waals surface area contributed by atoms with Gasteiger partial charge in [0.25, 0.3) is 0 Å². The van der Waals surface area contributed by atoms with Crippen molar-refractivity contribution in [2.24, 2.45) is 22.7 Å². The minimum absolute atomic E-state index is 0.112. The quantitative estimate of drug-likeness (QED) is 0.770. The summed E-state index contributed by atoms with van der Waals surface area (Å²) in [7, 11) is 3.71. The number of carbonyl (C=O) groups is 1. The van der Waals surface area contributed by atoms with Gasteiger partial charge in [-0.25, -0.2) is 0 Å². The highest BCUT2D eigenvalue weighted by atomic mass is 16.5. The molecule has 0 N–H and O–H groups in total. The predicted octanol–water partition coefficient (Wildman–Crippen LogP) is 4.22. The Morgan fingerprint density at radius 3 is 2.76 bits per heavy atom. The van der Waals surface area contributed by atoms with E-state index in [1.807, 2.05) is 20.3 Å².